The van der Waals surface area contributed by atoms with Crippen molar-refractivity contribution in [2.45, 2.75) is 23.8 Å². The van der Waals surface area contributed by atoms with E-state index in [1.807, 2.05) is 6.07 Å². The predicted octanol–water partition coefficient (Wildman–Crippen LogP) is 3.64. The van der Waals surface area contributed by atoms with Gasteiger partial charge < -0.3 is 4.90 Å². The summed E-state index contributed by atoms with van der Waals surface area (Å²) in [7, 11) is 0. The number of rotatable bonds is 1. The van der Waals surface area contributed by atoms with Crippen LogP contribution in [0.25, 0.3) is 0 Å². The first-order valence-electron chi connectivity index (χ1n) is 4.91. The zero-order valence-corrected chi connectivity index (χ0v) is 11.1. The fourth-order valence-electron chi connectivity index (χ4n) is 1.83. The van der Waals surface area contributed by atoms with E-state index < -0.39 is 0 Å². The van der Waals surface area contributed by atoms with Gasteiger partial charge in [-0.15, -0.1) is 0 Å². The molecule has 5 heteroatoms. The Labute approximate surface area is 107 Å². The van der Waals surface area contributed by atoms with Crippen LogP contribution in [0.3, 0.4) is 0 Å². The second kappa shape index (κ2) is 3.84. The van der Waals surface area contributed by atoms with E-state index in [9.17, 15) is 0 Å². The number of anilines is 1. The molecule has 1 aliphatic carbocycles. The van der Waals surface area contributed by atoms with Crippen LogP contribution < -0.4 is 9.62 Å². The minimum atomic E-state index is 0.711. The Hall–Kier alpha value is 0.1000. The van der Waals surface area contributed by atoms with Gasteiger partial charge in [-0.05, 0) is 52.9 Å². The Bertz CT molecular complexity index is 409. The van der Waals surface area contributed by atoms with Crippen molar-refractivity contribution in [1.29, 1.82) is 0 Å². The standard InChI is InChI=1S/C10H10BrClN2S/c11-8-3-6(12)4-9-10(8)15-13-5-14(9)7-1-2-7/h3-4,7,13H,1-2,5H2. The van der Waals surface area contributed by atoms with Gasteiger partial charge in [0.15, 0.2) is 0 Å². The summed E-state index contributed by atoms with van der Waals surface area (Å²) in [6.07, 6.45) is 2.60. The number of halogens is 2. The normalized spacial score (nSPS) is 20.3. The Morgan fingerprint density at radius 1 is 1.47 bits per heavy atom. The number of nitrogens with zero attached hydrogens (tertiary/aromatic N) is 1. The van der Waals surface area contributed by atoms with E-state index in [4.69, 9.17) is 11.6 Å². The third kappa shape index (κ3) is 1.88. The number of hydrogen-bond acceptors (Lipinski definition) is 3. The molecule has 1 fully saturated rings. The van der Waals surface area contributed by atoms with Gasteiger partial charge in [-0.2, -0.15) is 0 Å². The van der Waals surface area contributed by atoms with Crippen LogP contribution in [-0.2, 0) is 0 Å². The molecule has 0 atom stereocenters. The van der Waals surface area contributed by atoms with E-state index >= 15 is 0 Å². The van der Waals surface area contributed by atoms with Gasteiger partial charge in [0.05, 0.1) is 17.3 Å². The van der Waals surface area contributed by atoms with Gasteiger partial charge in [0.1, 0.15) is 0 Å². The molecule has 3 rings (SSSR count). The molecule has 2 nitrogen and oxygen atoms in total. The smallest absolute Gasteiger partial charge is 0.0781 e. The summed E-state index contributed by atoms with van der Waals surface area (Å²) in [6, 6.07) is 4.72. The fourth-order valence-corrected chi connectivity index (χ4v) is 3.65. The number of hydrogen-bond donors (Lipinski definition) is 1. The molecule has 80 valence electrons. The molecule has 0 unspecified atom stereocenters. The van der Waals surface area contributed by atoms with Crippen LogP contribution in [0.1, 0.15) is 12.8 Å². The molecular weight excluding hydrogens is 296 g/mol. The maximum absolute atomic E-state index is 6.09. The van der Waals surface area contributed by atoms with Crippen LogP contribution in [0.5, 0.6) is 0 Å². The molecule has 15 heavy (non-hydrogen) atoms. The highest BCUT2D eigenvalue weighted by Gasteiger charge is 2.33. The lowest BCUT2D eigenvalue weighted by Crippen LogP contribution is -2.36. The van der Waals surface area contributed by atoms with Gasteiger partial charge >= 0.3 is 0 Å². The summed E-state index contributed by atoms with van der Waals surface area (Å²) >= 11 is 11.3. The molecule has 0 radical (unpaired) electrons. The van der Waals surface area contributed by atoms with Crippen LogP contribution in [0, 0.1) is 0 Å². The van der Waals surface area contributed by atoms with Crippen molar-refractivity contribution in [2.75, 3.05) is 11.6 Å². The number of benzene rings is 1. The molecule has 0 amide bonds. The second-order valence-electron chi connectivity index (χ2n) is 3.84. The third-order valence-corrected chi connectivity index (χ3v) is 4.71. The largest absolute Gasteiger partial charge is 0.354 e. The highest BCUT2D eigenvalue weighted by molar-refractivity contribution is 9.10. The van der Waals surface area contributed by atoms with Crippen molar-refractivity contribution in [3.8, 4) is 0 Å². The Morgan fingerprint density at radius 3 is 3.00 bits per heavy atom. The average Bonchev–Trinajstić information content (AvgIpc) is 3.00. The Kier molecular flexibility index (Phi) is 2.63. The van der Waals surface area contributed by atoms with Crippen LogP contribution in [0.15, 0.2) is 21.5 Å². The van der Waals surface area contributed by atoms with Crippen LogP contribution in [-0.4, -0.2) is 12.7 Å². The molecule has 0 aromatic heterocycles. The van der Waals surface area contributed by atoms with Crippen LogP contribution in [0.2, 0.25) is 5.02 Å². The summed E-state index contributed by atoms with van der Waals surface area (Å²) in [5.41, 5.74) is 1.26. The fraction of sp³-hybridized carbons (Fsp3) is 0.400. The molecule has 0 saturated heterocycles. The number of fused-ring (bicyclic) bond motifs is 1. The van der Waals surface area contributed by atoms with E-state index in [0.717, 1.165) is 16.2 Å². The van der Waals surface area contributed by atoms with Crippen molar-refractivity contribution >= 4 is 45.2 Å². The lowest BCUT2D eigenvalue weighted by atomic mass is 10.3. The molecule has 1 aromatic rings. The molecule has 1 aliphatic heterocycles. The average molecular weight is 306 g/mol. The van der Waals surface area contributed by atoms with Crippen molar-refractivity contribution in [1.82, 2.24) is 4.72 Å². The van der Waals surface area contributed by atoms with Crippen molar-refractivity contribution in [3.05, 3.63) is 21.6 Å². The van der Waals surface area contributed by atoms with Crippen molar-refractivity contribution in [2.24, 2.45) is 0 Å². The highest BCUT2D eigenvalue weighted by atomic mass is 79.9. The summed E-state index contributed by atoms with van der Waals surface area (Å²) < 4.78 is 4.42. The SMILES string of the molecule is Clc1cc(Br)c2c(c1)N(C1CC1)CNS2. The van der Waals surface area contributed by atoms with Crippen molar-refractivity contribution in [3.63, 3.8) is 0 Å². The first-order chi connectivity index (χ1) is 7.25. The number of nitrogens with one attached hydrogen (secondary N) is 1. The molecule has 1 aromatic carbocycles. The Balaban J connectivity index is 2.08. The minimum Gasteiger partial charge on any atom is -0.354 e. The van der Waals surface area contributed by atoms with Gasteiger partial charge in [-0.25, -0.2) is 4.72 Å². The molecule has 2 aliphatic rings. The first-order valence-corrected chi connectivity index (χ1v) is 6.90. The van der Waals surface area contributed by atoms with Crippen molar-refractivity contribution < 1.29 is 0 Å². The molecular formula is C10H10BrClN2S. The summed E-state index contributed by atoms with van der Waals surface area (Å²) in [6.45, 7) is 0.912. The zero-order valence-electron chi connectivity index (χ0n) is 7.96. The van der Waals surface area contributed by atoms with E-state index in [0.29, 0.717) is 6.04 Å². The zero-order chi connectivity index (χ0) is 10.4. The second-order valence-corrected chi connectivity index (χ2v) is 6.03. The first kappa shape index (κ1) is 10.3. The van der Waals surface area contributed by atoms with E-state index in [1.165, 1.54) is 23.4 Å². The highest BCUT2D eigenvalue weighted by Crippen LogP contribution is 2.44. The van der Waals surface area contributed by atoms with E-state index in [-0.39, 0.29) is 0 Å². The van der Waals surface area contributed by atoms with Gasteiger partial charge in [0.2, 0.25) is 0 Å². The van der Waals surface area contributed by atoms with Crippen LogP contribution >= 0.6 is 39.5 Å². The summed E-state index contributed by atoms with van der Waals surface area (Å²) in [5.74, 6) is 0. The summed E-state index contributed by atoms with van der Waals surface area (Å²) in [5, 5.41) is 0.800. The molecule has 1 saturated carbocycles. The van der Waals surface area contributed by atoms with Gasteiger partial charge in [0.25, 0.3) is 0 Å². The maximum atomic E-state index is 6.09. The topological polar surface area (TPSA) is 15.3 Å². The lowest BCUT2D eigenvalue weighted by Gasteiger charge is -2.31. The summed E-state index contributed by atoms with van der Waals surface area (Å²) in [4.78, 5) is 3.65. The molecule has 0 spiro atoms. The van der Waals surface area contributed by atoms with E-state index in [2.05, 4.69) is 31.6 Å². The third-order valence-electron chi connectivity index (χ3n) is 2.69. The monoisotopic (exact) mass is 304 g/mol. The molecule has 1 N–H and O–H groups in total. The maximum Gasteiger partial charge on any atom is 0.0781 e. The van der Waals surface area contributed by atoms with Gasteiger partial charge in [-0.3, -0.25) is 0 Å². The predicted molar refractivity (Wildman–Crippen MR) is 68.5 cm³/mol. The van der Waals surface area contributed by atoms with Crippen LogP contribution in [0.4, 0.5) is 5.69 Å². The quantitative estimate of drug-likeness (QED) is 0.798. The molecule has 0 bridgehead atoms. The van der Waals surface area contributed by atoms with Gasteiger partial charge in [-0.1, -0.05) is 11.6 Å². The van der Waals surface area contributed by atoms with Gasteiger partial charge in [0, 0.05) is 15.5 Å². The lowest BCUT2D eigenvalue weighted by molar-refractivity contribution is 0.754. The Morgan fingerprint density at radius 2 is 2.27 bits per heavy atom. The van der Waals surface area contributed by atoms with E-state index in [1.54, 1.807) is 11.9 Å². The minimum absolute atomic E-state index is 0.711. The molecule has 1 heterocycles.